The van der Waals surface area contributed by atoms with Gasteiger partial charge in [-0.05, 0) is 30.6 Å². The zero-order chi connectivity index (χ0) is 19.5. The van der Waals surface area contributed by atoms with Crippen molar-refractivity contribution in [3.05, 3.63) is 30.0 Å². The second kappa shape index (κ2) is 7.71. The standard InChI is InChI=1S/C19H28N2O4Si/c1-19(2,3)26(5,6)25-13-9-12-21-15-11-8-7-10-14(15)16(20-21)17(22)18(23)24-4/h7-8,10-11H,9,12-13H2,1-6H3. The molecular weight excluding hydrogens is 348 g/mol. The number of carbonyl (C=O) groups is 2. The lowest BCUT2D eigenvalue weighted by atomic mass is 10.1. The first-order valence-corrected chi connectivity index (χ1v) is 11.7. The molecule has 0 aliphatic heterocycles. The Hall–Kier alpha value is -1.99. The van der Waals surface area contributed by atoms with Gasteiger partial charge in [0.2, 0.25) is 0 Å². The summed E-state index contributed by atoms with van der Waals surface area (Å²) in [5.74, 6) is -1.62. The van der Waals surface area contributed by atoms with E-state index in [9.17, 15) is 9.59 Å². The molecule has 1 heterocycles. The zero-order valence-electron chi connectivity index (χ0n) is 16.5. The molecule has 0 saturated heterocycles. The summed E-state index contributed by atoms with van der Waals surface area (Å²) in [6, 6.07) is 7.40. The lowest BCUT2D eigenvalue weighted by Gasteiger charge is -2.36. The molecule has 0 saturated carbocycles. The van der Waals surface area contributed by atoms with E-state index in [0.717, 1.165) is 11.9 Å². The Morgan fingerprint density at radius 2 is 1.85 bits per heavy atom. The molecule has 1 aromatic heterocycles. The van der Waals surface area contributed by atoms with E-state index in [0.29, 0.717) is 18.5 Å². The fraction of sp³-hybridized carbons (Fsp3) is 0.526. The van der Waals surface area contributed by atoms with Gasteiger partial charge in [0.15, 0.2) is 8.32 Å². The molecule has 0 bridgehead atoms. The number of aromatic nitrogens is 2. The number of fused-ring (bicyclic) bond motifs is 1. The fourth-order valence-corrected chi connectivity index (χ4v) is 3.50. The SMILES string of the molecule is COC(=O)C(=O)c1nn(CCCO[Si](C)(C)C(C)(C)C)c2ccccc12. The van der Waals surface area contributed by atoms with Crippen molar-refractivity contribution < 1.29 is 18.8 Å². The Labute approximate surface area is 155 Å². The molecule has 0 aliphatic rings. The van der Waals surface area contributed by atoms with Gasteiger partial charge in [0, 0.05) is 18.5 Å². The minimum atomic E-state index is -1.77. The van der Waals surface area contributed by atoms with Crippen LogP contribution in [0.5, 0.6) is 0 Å². The maximum Gasteiger partial charge on any atom is 0.381 e. The zero-order valence-corrected chi connectivity index (χ0v) is 17.5. The third-order valence-electron chi connectivity index (χ3n) is 5.03. The molecule has 0 unspecified atom stereocenters. The smallest absolute Gasteiger partial charge is 0.381 e. The maximum absolute atomic E-state index is 12.2. The lowest BCUT2D eigenvalue weighted by Crippen LogP contribution is -2.41. The normalized spacial score (nSPS) is 12.4. The molecule has 2 rings (SSSR count). The highest BCUT2D eigenvalue weighted by Crippen LogP contribution is 2.36. The molecule has 0 amide bonds. The molecule has 26 heavy (non-hydrogen) atoms. The van der Waals surface area contributed by atoms with Crippen LogP contribution < -0.4 is 0 Å². The average Bonchev–Trinajstić information content (AvgIpc) is 2.95. The van der Waals surface area contributed by atoms with E-state index in [2.05, 4.69) is 43.7 Å². The number of ketones is 1. The van der Waals surface area contributed by atoms with E-state index < -0.39 is 20.1 Å². The third kappa shape index (κ3) is 4.21. The molecule has 142 valence electrons. The number of Topliss-reactive ketones (excluding diaryl/α,β-unsaturated/α-hetero) is 1. The summed E-state index contributed by atoms with van der Waals surface area (Å²) in [6.07, 6.45) is 0.782. The number of aryl methyl sites for hydroxylation is 1. The van der Waals surface area contributed by atoms with Gasteiger partial charge in [0.1, 0.15) is 5.69 Å². The summed E-state index contributed by atoms with van der Waals surface area (Å²) in [4.78, 5) is 23.8. The van der Waals surface area contributed by atoms with Crippen LogP contribution in [0.4, 0.5) is 0 Å². The summed E-state index contributed by atoms with van der Waals surface area (Å²) in [5.41, 5.74) is 0.963. The Balaban J connectivity index is 2.13. The van der Waals surface area contributed by atoms with Crippen molar-refractivity contribution in [1.82, 2.24) is 9.78 Å². The number of carbonyl (C=O) groups excluding carboxylic acids is 2. The van der Waals surface area contributed by atoms with E-state index in [1.807, 2.05) is 18.2 Å². The van der Waals surface area contributed by atoms with Gasteiger partial charge in [-0.3, -0.25) is 9.48 Å². The lowest BCUT2D eigenvalue weighted by molar-refractivity contribution is -0.135. The first kappa shape index (κ1) is 20.3. The molecule has 0 spiro atoms. The summed E-state index contributed by atoms with van der Waals surface area (Å²) in [7, 11) is -0.582. The number of hydrogen-bond donors (Lipinski definition) is 0. The summed E-state index contributed by atoms with van der Waals surface area (Å²) in [5, 5.41) is 5.20. The highest BCUT2D eigenvalue weighted by molar-refractivity contribution is 6.74. The molecule has 6 nitrogen and oxygen atoms in total. The van der Waals surface area contributed by atoms with Gasteiger partial charge in [-0.15, -0.1) is 0 Å². The highest BCUT2D eigenvalue weighted by Gasteiger charge is 2.36. The van der Waals surface area contributed by atoms with Crippen molar-refractivity contribution in [1.29, 1.82) is 0 Å². The summed E-state index contributed by atoms with van der Waals surface area (Å²) < 4.78 is 12.5. The second-order valence-electron chi connectivity index (χ2n) is 7.87. The number of ether oxygens (including phenoxy) is 1. The van der Waals surface area contributed by atoms with Crippen LogP contribution in [-0.4, -0.2) is 43.6 Å². The Kier molecular flexibility index (Phi) is 6.03. The minimum absolute atomic E-state index is 0.137. The van der Waals surface area contributed by atoms with Crippen LogP contribution in [0, 0.1) is 0 Å². The molecule has 0 aliphatic carbocycles. The van der Waals surface area contributed by atoms with Gasteiger partial charge >= 0.3 is 5.97 Å². The van der Waals surface area contributed by atoms with Crippen LogP contribution >= 0.6 is 0 Å². The number of para-hydroxylation sites is 1. The number of hydrogen-bond acceptors (Lipinski definition) is 5. The van der Waals surface area contributed by atoms with E-state index in [1.54, 1.807) is 10.7 Å². The van der Waals surface area contributed by atoms with Gasteiger partial charge in [-0.25, -0.2) is 4.79 Å². The molecule has 0 N–H and O–H groups in total. The Morgan fingerprint density at radius 1 is 1.19 bits per heavy atom. The topological polar surface area (TPSA) is 70.4 Å². The number of methoxy groups -OCH3 is 1. The largest absolute Gasteiger partial charge is 0.463 e. The van der Waals surface area contributed by atoms with Crippen molar-refractivity contribution in [2.24, 2.45) is 0 Å². The molecule has 1 aromatic carbocycles. The van der Waals surface area contributed by atoms with Crippen molar-refractivity contribution in [3.63, 3.8) is 0 Å². The molecule has 0 radical (unpaired) electrons. The van der Waals surface area contributed by atoms with E-state index in [-0.39, 0.29) is 10.7 Å². The summed E-state index contributed by atoms with van der Waals surface area (Å²) in [6.45, 7) is 12.3. The van der Waals surface area contributed by atoms with Crippen LogP contribution in [0.2, 0.25) is 18.1 Å². The number of nitrogens with zero attached hydrogens (tertiary/aromatic N) is 2. The number of esters is 1. The first-order chi connectivity index (χ1) is 12.1. The third-order valence-corrected chi connectivity index (χ3v) is 9.57. The average molecular weight is 377 g/mol. The number of benzene rings is 1. The molecule has 0 fully saturated rings. The van der Waals surface area contributed by atoms with Crippen molar-refractivity contribution in [3.8, 4) is 0 Å². The van der Waals surface area contributed by atoms with Crippen LogP contribution in [0.3, 0.4) is 0 Å². The van der Waals surface area contributed by atoms with Crippen molar-refractivity contribution in [2.75, 3.05) is 13.7 Å². The highest BCUT2D eigenvalue weighted by atomic mass is 28.4. The second-order valence-corrected chi connectivity index (χ2v) is 12.7. The van der Waals surface area contributed by atoms with Gasteiger partial charge in [0.05, 0.1) is 12.6 Å². The molecular formula is C19H28N2O4Si. The predicted molar refractivity (Wildman–Crippen MR) is 104 cm³/mol. The first-order valence-electron chi connectivity index (χ1n) is 8.80. The molecule has 0 atom stereocenters. The molecule has 2 aromatic rings. The van der Waals surface area contributed by atoms with Gasteiger partial charge in [-0.2, -0.15) is 5.10 Å². The van der Waals surface area contributed by atoms with E-state index >= 15 is 0 Å². The summed E-state index contributed by atoms with van der Waals surface area (Å²) >= 11 is 0. The molecule has 7 heteroatoms. The van der Waals surface area contributed by atoms with Crippen LogP contribution in [0.25, 0.3) is 10.9 Å². The quantitative estimate of drug-likeness (QED) is 0.242. The van der Waals surface area contributed by atoms with Crippen LogP contribution in [-0.2, 0) is 20.5 Å². The minimum Gasteiger partial charge on any atom is -0.463 e. The van der Waals surface area contributed by atoms with Gasteiger partial charge in [0.25, 0.3) is 5.78 Å². The van der Waals surface area contributed by atoms with E-state index in [1.165, 1.54) is 7.11 Å². The van der Waals surface area contributed by atoms with E-state index in [4.69, 9.17) is 4.43 Å². The van der Waals surface area contributed by atoms with Crippen molar-refractivity contribution in [2.45, 2.75) is 51.9 Å². The fourth-order valence-electron chi connectivity index (χ4n) is 2.41. The maximum atomic E-state index is 12.2. The Morgan fingerprint density at radius 3 is 2.46 bits per heavy atom. The predicted octanol–water partition coefficient (Wildman–Crippen LogP) is 3.80. The monoisotopic (exact) mass is 376 g/mol. The number of rotatable bonds is 7. The van der Waals surface area contributed by atoms with Crippen molar-refractivity contribution >= 4 is 31.0 Å². The van der Waals surface area contributed by atoms with Crippen LogP contribution in [0.1, 0.15) is 37.7 Å². The van der Waals surface area contributed by atoms with Gasteiger partial charge in [-0.1, -0.05) is 39.0 Å². The van der Waals surface area contributed by atoms with Gasteiger partial charge < -0.3 is 9.16 Å². The van der Waals surface area contributed by atoms with Crippen LogP contribution in [0.15, 0.2) is 24.3 Å². The Bertz CT molecular complexity index is 805.